The zero-order chi connectivity index (χ0) is 31.0. The van der Waals surface area contributed by atoms with E-state index >= 15 is 0 Å². The molecule has 2 radical (unpaired) electrons. The second kappa shape index (κ2) is 21.5. The molecule has 0 saturated heterocycles. The summed E-state index contributed by atoms with van der Waals surface area (Å²) in [6.45, 7) is 7.47. The van der Waals surface area contributed by atoms with Gasteiger partial charge in [0.05, 0.1) is 0 Å². The number of hydrogen-bond acceptors (Lipinski definition) is 0. The average Bonchev–Trinajstić information content (AvgIpc) is 3.76. The van der Waals surface area contributed by atoms with Gasteiger partial charge in [-0.05, 0) is 12.8 Å². The summed E-state index contributed by atoms with van der Waals surface area (Å²) in [7, 11) is 0. The Morgan fingerprint density at radius 1 is 0.478 bits per heavy atom. The molecule has 0 aliphatic rings. The van der Waals surface area contributed by atoms with Gasteiger partial charge in [0.25, 0.3) is 0 Å². The van der Waals surface area contributed by atoms with E-state index < -0.39 is 0 Å². The van der Waals surface area contributed by atoms with Gasteiger partial charge in [-0.25, -0.2) is 0 Å². The Hall–Kier alpha value is -3.26. The Balaban J connectivity index is 0.000000222. The molecule has 4 heteroatoms. The first kappa shape index (κ1) is 38.9. The topological polar surface area (TPSA) is 0 Å². The molecule has 0 atom stereocenters. The van der Waals surface area contributed by atoms with Crippen LogP contribution in [0.1, 0.15) is 25.0 Å². The normalized spacial score (nSPS) is 9.50. The van der Waals surface area contributed by atoms with Crippen molar-refractivity contribution in [2.75, 3.05) is 0 Å². The van der Waals surface area contributed by atoms with E-state index in [1.54, 1.807) is 0 Å². The SMILES string of the molecule is CCc1cc2ccc3ccccc3c2[cH-]1.CCc1cc2ccc3ccccc3c2[cH-]1.Cl.Cl.[Si]=[Zr].[c-]1ccccc1.[c-]1ccccc1. The second-order valence-electron chi connectivity index (χ2n) is 10.2. The van der Waals surface area contributed by atoms with Gasteiger partial charge >= 0.3 is 30.2 Å². The van der Waals surface area contributed by atoms with Crippen LogP contribution in [-0.4, -0.2) is 6.88 Å². The maximum Gasteiger partial charge on any atom is -0.171 e. The van der Waals surface area contributed by atoms with Gasteiger partial charge in [0.1, 0.15) is 0 Å². The van der Waals surface area contributed by atoms with E-state index in [9.17, 15) is 0 Å². The number of halogens is 2. The van der Waals surface area contributed by atoms with Gasteiger partial charge in [0.2, 0.25) is 0 Å². The fraction of sp³-hybridized carbons (Fsp3) is 0.0952. The molecule has 8 aromatic carbocycles. The Morgan fingerprint density at radius 2 is 0.826 bits per heavy atom. The van der Waals surface area contributed by atoms with Gasteiger partial charge in [0, 0.05) is 0 Å². The van der Waals surface area contributed by atoms with Crippen LogP contribution in [-0.2, 0) is 36.2 Å². The maximum absolute atomic E-state index is 3.06. The van der Waals surface area contributed by atoms with Crippen LogP contribution in [0.4, 0.5) is 0 Å². The first-order valence-corrected chi connectivity index (χ1v) is 19.2. The van der Waals surface area contributed by atoms with Gasteiger partial charge in [-0.15, -0.1) is 81.8 Å². The van der Waals surface area contributed by atoms with Gasteiger partial charge in [-0.2, -0.15) is 84.9 Å². The molecular formula is C42H38Cl2SiZr-4. The van der Waals surface area contributed by atoms with E-state index in [1.165, 1.54) is 77.6 Å². The molecule has 0 saturated carbocycles. The van der Waals surface area contributed by atoms with Gasteiger partial charge in [0.15, 0.2) is 0 Å². The summed E-state index contributed by atoms with van der Waals surface area (Å²) in [4.78, 5) is 0. The molecule has 0 spiro atoms. The minimum atomic E-state index is 0. The molecule has 232 valence electrons. The van der Waals surface area contributed by atoms with Gasteiger partial charge < -0.3 is 0 Å². The van der Waals surface area contributed by atoms with Crippen molar-refractivity contribution in [1.29, 1.82) is 0 Å². The Bertz CT molecular complexity index is 1780. The van der Waals surface area contributed by atoms with Crippen molar-refractivity contribution in [2.24, 2.45) is 0 Å². The third-order valence-electron chi connectivity index (χ3n) is 7.38. The molecule has 0 aliphatic heterocycles. The summed E-state index contributed by atoms with van der Waals surface area (Å²) in [5, 5.41) is 10.9. The monoisotopic (exact) mass is 730 g/mol. The summed E-state index contributed by atoms with van der Waals surface area (Å²) in [6, 6.07) is 60.2. The van der Waals surface area contributed by atoms with Crippen LogP contribution in [0.25, 0.3) is 43.1 Å². The molecule has 0 nitrogen and oxygen atoms in total. The molecule has 0 N–H and O–H groups in total. The van der Waals surface area contributed by atoms with Crippen LogP contribution in [0.5, 0.6) is 0 Å². The Kier molecular flexibility index (Phi) is 18.2. The minimum Gasteiger partial charge on any atom is -0.184 e. The second-order valence-corrected chi connectivity index (χ2v) is 10.2. The summed E-state index contributed by atoms with van der Waals surface area (Å²) in [5.74, 6) is 0. The minimum absolute atomic E-state index is 0. The van der Waals surface area contributed by atoms with Crippen LogP contribution < -0.4 is 0 Å². The molecule has 0 heterocycles. The average molecular weight is 733 g/mol. The van der Waals surface area contributed by atoms with E-state index in [0.717, 1.165) is 12.8 Å². The molecule has 0 aliphatic carbocycles. The van der Waals surface area contributed by atoms with Gasteiger partial charge in [-0.3, -0.25) is 0 Å². The predicted molar refractivity (Wildman–Crippen MR) is 204 cm³/mol. The molecule has 8 rings (SSSR count). The van der Waals surface area contributed by atoms with E-state index in [2.05, 4.69) is 130 Å². The first-order chi connectivity index (χ1) is 21.8. The number of benzene rings is 6. The number of rotatable bonds is 2. The molecule has 46 heavy (non-hydrogen) atoms. The largest absolute Gasteiger partial charge is 0.184 e. The Labute approximate surface area is 303 Å². The zero-order valence-corrected chi connectivity index (χ0v) is 31.3. The number of fused-ring (bicyclic) bond motifs is 6. The van der Waals surface area contributed by atoms with Crippen LogP contribution in [0.3, 0.4) is 0 Å². The molecule has 8 aromatic rings. The molecule has 0 amide bonds. The van der Waals surface area contributed by atoms with Crippen molar-refractivity contribution in [1.82, 2.24) is 0 Å². The van der Waals surface area contributed by atoms with Crippen molar-refractivity contribution >= 4 is 74.8 Å². The fourth-order valence-corrected chi connectivity index (χ4v) is 5.14. The predicted octanol–water partition coefficient (Wildman–Crippen LogP) is 12.0. The number of hydrogen-bond donors (Lipinski definition) is 0. The van der Waals surface area contributed by atoms with Crippen molar-refractivity contribution in [3.05, 3.63) is 181 Å². The smallest absolute Gasteiger partial charge is 0.171 e. The van der Waals surface area contributed by atoms with Crippen LogP contribution >= 0.6 is 24.8 Å². The first-order valence-electron chi connectivity index (χ1n) is 15.0. The standard InChI is InChI=1S/2C15H13.2C6H5.2ClH.Si.Zr/c2*1-2-11-9-13-8-7-12-5-3-4-6-14(12)15(13)10-11;2*1-2-4-6-5-3-1;;;;/h2*3-10H,2H2,1H3;2*1-5H;2*1H;;/q4*-1;;;;. The van der Waals surface area contributed by atoms with Crippen molar-refractivity contribution in [3.8, 4) is 0 Å². The van der Waals surface area contributed by atoms with E-state index in [4.69, 9.17) is 0 Å². The molecule has 0 unspecified atom stereocenters. The quantitative estimate of drug-likeness (QED) is 0.123. The van der Waals surface area contributed by atoms with Gasteiger partial charge in [-0.1, -0.05) is 96.1 Å². The van der Waals surface area contributed by atoms with Crippen LogP contribution in [0.2, 0.25) is 0 Å². The van der Waals surface area contributed by atoms with E-state index in [-0.39, 0.29) is 24.8 Å². The summed E-state index contributed by atoms with van der Waals surface area (Å²) in [6.07, 6.45) is 2.23. The summed E-state index contributed by atoms with van der Waals surface area (Å²) >= 11 is 1.36. The van der Waals surface area contributed by atoms with E-state index in [0.29, 0.717) is 0 Å². The van der Waals surface area contributed by atoms with Crippen LogP contribution in [0.15, 0.2) is 158 Å². The summed E-state index contributed by atoms with van der Waals surface area (Å²) in [5.41, 5.74) is 2.86. The zero-order valence-electron chi connectivity index (χ0n) is 26.2. The van der Waals surface area contributed by atoms with E-state index in [1.807, 2.05) is 60.7 Å². The molecular weight excluding hydrogens is 695 g/mol. The van der Waals surface area contributed by atoms with Crippen molar-refractivity contribution in [3.63, 3.8) is 0 Å². The van der Waals surface area contributed by atoms with Crippen molar-refractivity contribution < 1.29 is 23.3 Å². The fourth-order valence-electron chi connectivity index (χ4n) is 5.14. The molecule has 0 fully saturated rings. The molecule has 0 aromatic heterocycles. The molecule has 0 bridgehead atoms. The Morgan fingerprint density at radius 3 is 1.13 bits per heavy atom. The number of aryl methyl sites for hydroxylation is 2. The maximum atomic E-state index is 3.06. The third-order valence-corrected chi connectivity index (χ3v) is 7.38. The third kappa shape index (κ3) is 10.9. The van der Waals surface area contributed by atoms with Crippen molar-refractivity contribution in [2.45, 2.75) is 26.7 Å². The van der Waals surface area contributed by atoms with Crippen LogP contribution in [0, 0.1) is 12.1 Å². The summed E-state index contributed by atoms with van der Waals surface area (Å²) < 4.78 is 0.